The lowest BCUT2D eigenvalue weighted by Crippen LogP contribution is -2.47. The molecule has 3 heterocycles. The van der Waals surface area contributed by atoms with Gasteiger partial charge in [0.05, 0.1) is 25.6 Å². The van der Waals surface area contributed by atoms with E-state index >= 15 is 0 Å². The fraction of sp³-hybridized carbons (Fsp3) is 0.667. The van der Waals surface area contributed by atoms with Gasteiger partial charge < -0.3 is 19.7 Å². The highest BCUT2D eigenvalue weighted by atomic mass is 16.7. The van der Waals surface area contributed by atoms with Gasteiger partial charge in [-0.15, -0.1) is 0 Å². The van der Waals surface area contributed by atoms with E-state index in [-0.39, 0.29) is 5.91 Å². The van der Waals surface area contributed by atoms with E-state index in [1.54, 1.807) is 17.3 Å². The van der Waals surface area contributed by atoms with Crippen LogP contribution in [0.5, 0.6) is 0 Å². The molecular weight excluding hydrogens is 284 g/mol. The first-order valence-corrected chi connectivity index (χ1v) is 7.90. The number of hydrogen-bond acceptors (Lipinski definition) is 6. The maximum Gasteiger partial charge on any atom is 0.274 e. The van der Waals surface area contributed by atoms with E-state index in [9.17, 15) is 4.79 Å². The van der Waals surface area contributed by atoms with Crippen LogP contribution in [0.3, 0.4) is 0 Å². The zero-order valence-corrected chi connectivity index (χ0v) is 12.5. The molecule has 0 radical (unpaired) electrons. The van der Waals surface area contributed by atoms with E-state index in [0.29, 0.717) is 50.9 Å². The fourth-order valence-corrected chi connectivity index (χ4v) is 2.95. The molecule has 1 aromatic rings. The molecule has 7 nitrogen and oxygen atoms in total. The van der Waals surface area contributed by atoms with Gasteiger partial charge in [0.25, 0.3) is 5.91 Å². The molecule has 118 valence electrons. The van der Waals surface area contributed by atoms with Gasteiger partial charge in [-0.25, -0.2) is 9.97 Å². The lowest BCUT2D eigenvalue weighted by atomic mass is 10.0. The third-order valence-electron chi connectivity index (χ3n) is 4.43. The van der Waals surface area contributed by atoms with Crippen LogP contribution < -0.4 is 5.32 Å². The molecular formula is C15H20N4O3. The van der Waals surface area contributed by atoms with E-state index in [1.165, 1.54) is 12.8 Å². The van der Waals surface area contributed by atoms with E-state index in [2.05, 4.69) is 15.3 Å². The SMILES string of the molecule is O=C(c1cnc(NC2CC2)cn1)N1CCC2(CC1)OCCO2. The van der Waals surface area contributed by atoms with Gasteiger partial charge in [0, 0.05) is 32.0 Å². The molecule has 1 saturated carbocycles. The number of ether oxygens (including phenoxy) is 2. The van der Waals surface area contributed by atoms with Gasteiger partial charge in [0.2, 0.25) is 0 Å². The largest absolute Gasteiger partial charge is 0.366 e. The number of nitrogens with zero attached hydrogens (tertiary/aromatic N) is 3. The van der Waals surface area contributed by atoms with Crippen molar-refractivity contribution in [1.82, 2.24) is 14.9 Å². The quantitative estimate of drug-likeness (QED) is 0.899. The number of carbonyl (C=O) groups is 1. The number of rotatable bonds is 3. The second kappa shape index (κ2) is 5.48. The summed E-state index contributed by atoms with van der Waals surface area (Å²) in [6.45, 7) is 2.55. The van der Waals surface area contributed by atoms with Crippen molar-refractivity contribution in [3.8, 4) is 0 Å². The molecule has 2 aliphatic heterocycles. The number of piperidine rings is 1. The fourth-order valence-electron chi connectivity index (χ4n) is 2.95. The van der Waals surface area contributed by atoms with Crippen LogP contribution in [-0.4, -0.2) is 58.9 Å². The summed E-state index contributed by atoms with van der Waals surface area (Å²) in [5.74, 6) is 0.211. The first kappa shape index (κ1) is 13.9. The second-order valence-electron chi connectivity index (χ2n) is 6.11. The normalized spacial score (nSPS) is 23.7. The molecule has 1 amide bonds. The summed E-state index contributed by atoms with van der Waals surface area (Å²) < 4.78 is 11.4. The monoisotopic (exact) mass is 304 g/mol. The zero-order valence-electron chi connectivity index (χ0n) is 12.5. The van der Waals surface area contributed by atoms with Crippen molar-refractivity contribution in [2.75, 3.05) is 31.6 Å². The van der Waals surface area contributed by atoms with Crippen LogP contribution in [0.2, 0.25) is 0 Å². The van der Waals surface area contributed by atoms with Crippen molar-refractivity contribution < 1.29 is 14.3 Å². The average molecular weight is 304 g/mol. The zero-order chi connectivity index (χ0) is 15.0. The predicted octanol–water partition coefficient (Wildman–Crippen LogP) is 1.03. The van der Waals surface area contributed by atoms with E-state index in [4.69, 9.17) is 9.47 Å². The van der Waals surface area contributed by atoms with Crippen molar-refractivity contribution in [2.45, 2.75) is 37.5 Å². The number of amides is 1. The predicted molar refractivity (Wildman–Crippen MR) is 78.4 cm³/mol. The smallest absolute Gasteiger partial charge is 0.274 e. The van der Waals surface area contributed by atoms with E-state index in [0.717, 1.165) is 5.82 Å². The Labute approximate surface area is 129 Å². The minimum atomic E-state index is -0.458. The number of anilines is 1. The molecule has 0 aromatic carbocycles. The minimum Gasteiger partial charge on any atom is -0.366 e. The molecule has 1 aromatic heterocycles. The summed E-state index contributed by atoms with van der Waals surface area (Å²) >= 11 is 0. The number of likely N-dealkylation sites (tertiary alicyclic amines) is 1. The molecule has 0 atom stereocenters. The van der Waals surface area contributed by atoms with Crippen LogP contribution in [0, 0.1) is 0 Å². The number of carbonyl (C=O) groups excluding carboxylic acids is 1. The Morgan fingerprint density at radius 1 is 1.18 bits per heavy atom. The van der Waals surface area contributed by atoms with Crippen molar-refractivity contribution in [3.63, 3.8) is 0 Å². The standard InChI is InChI=1S/C15H20N4O3/c20-14(12-9-17-13(10-16-12)18-11-1-2-11)19-5-3-15(4-6-19)21-7-8-22-15/h9-11H,1-8H2,(H,17,18). The Balaban J connectivity index is 1.37. The third kappa shape index (κ3) is 2.78. The van der Waals surface area contributed by atoms with Crippen molar-refractivity contribution in [1.29, 1.82) is 0 Å². The Hall–Kier alpha value is -1.73. The Morgan fingerprint density at radius 3 is 2.50 bits per heavy atom. The summed E-state index contributed by atoms with van der Waals surface area (Å²) in [4.78, 5) is 22.8. The summed E-state index contributed by atoms with van der Waals surface area (Å²) in [5.41, 5.74) is 0.394. The highest BCUT2D eigenvalue weighted by molar-refractivity contribution is 5.92. The molecule has 0 unspecified atom stereocenters. The van der Waals surface area contributed by atoms with Crippen LogP contribution >= 0.6 is 0 Å². The van der Waals surface area contributed by atoms with Gasteiger partial charge in [-0.05, 0) is 12.8 Å². The lowest BCUT2D eigenvalue weighted by molar-refractivity contribution is -0.181. The Morgan fingerprint density at radius 2 is 1.91 bits per heavy atom. The average Bonchev–Trinajstić information content (AvgIpc) is 3.26. The highest BCUT2D eigenvalue weighted by Gasteiger charge is 2.41. The molecule has 1 spiro atoms. The van der Waals surface area contributed by atoms with Crippen LogP contribution in [0.25, 0.3) is 0 Å². The van der Waals surface area contributed by atoms with Gasteiger partial charge >= 0.3 is 0 Å². The molecule has 0 bridgehead atoms. The first-order valence-electron chi connectivity index (χ1n) is 7.90. The van der Waals surface area contributed by atoms with Gasteiger partial charge in [0.1, 0.15) is 11.5 Å². The molecule has 3 fully saturated rings. The van der Waals surface area contributed by atoms with Crippen LogP contribution in [0.1, 0.15) is 36.2 Å². The first-order chi connectivity index (χ1) is 10.7. The summed E-state index contributed by atoms with van der Waals surface area (Å²) in [6, 6.07) is 0.528. The van der Waals surface area contributed by atoms with Gasteiger partial charge in [0.15, 0.2) is 5.79 Å². The number of aromatic nitrogens is 2. The maximum atomic E-state index is 12.5. The topological polar surface area (TPSA) is 76.6 Å². The van der Waals surface area contributed by atoms with Crippen molar-refractivity contribution >= 4 is 11.7 Å². The van der Waals surface area contributed by atoms with E-state index < -0.39 is 5.79 Å². The highest BCUT2D eigenvalue weighted by Crippen LogP contribution is 2.31. The van der Waals surface area contributed by atoms with Crippen molar-refractivity contribution in [3.05, 3.63) is 18.1 Å². The van der Waals surface area contributed by atoms with Gasteiger partial charge in [-0.3, -0.25) is 4.79 Å². The Kier molecular flexibility index (Phi) is 3.46. The molecule has 1 aliphatic carbocycles. The van der Waals surface area contributed by atoms with Gasteiger partial charge in [-0.2, -0.15) is 0 Å². The maximum absolute atomic E-state index is 12.5. The van der Waals surface area contributed by atoms with Crippen LogP contribution in [-0.2, 0) is 9.47 Å². The molecule has 7 heteroatoms. The molecule has 22 heavy (non-hydrogen) atoms. The van der Waals surface area contributed by atoms with E-state index in [1.807, 2.05) is 0 Å². The lowest BCUT2D eigenvalue weighted by Gasteiger charge is -2.37. The summed E-state index contributed by atoms with van der Waals surface area (Å²) in [7, 11) is 0. The summed E-state index contributed by atoms with van der Waals surface area (Å²) in [6.07, 6.45) is 6.99. The molecule has 4 rings (SSSR count). The van der Waals surface area contributed by atoms with Crippen molar-refractivity contribution in [2.24, 2.45) is 0 Å². The molecule has 2 saturated heterocycles. The number of hydrogen-bond donors (Lipinski definition) is 1. The minimum absolute atomic E-state index is 0.0710. The van der Waals surface area contributed by atoms with Crippen LogP contribution in [0.4, 0.5) is 5.82 Å². The Bertz CT molecular complexity index is 542. The summed E-state index contributed by atoms with van der Waals surface area (Å²) in [5, 5.41) is 3.26. The second-order valence-corrected chi connectivity index (χ2v) is 6.11. The van der Waals surface area contributed by atoms with Gasteiger partial charge in [-0.1, -0.05) is 0 Å². The third-order valence-corrected chi connectivity index (χ3v) is 4.43. The number of nitrogens with one attached hydrogen (secondary N) is 1. The molecule has 1 N–H and O–H groups in total. The molecule has 3 aliphatic rings. The van der Waals surface area contributed by atoms with Crippen LogP contribution in [0.15, 0.2) is 12.4 Å².